The minimum Gasteiger partial charge on any atom is -0.340 e. The molecule has 1 aliphatic carbocycles. The van der Waals surface area contributed by atoms with Crippen LogP contribution in [-0.2, 0) is 10.0 Å². The number of nitrogens with zero attached hydrogens (tertiary/aromatic N) is 4. The molecule has 1 aliphatic heterocycles. The van der Waals surface area contributed by atoms with Crippen molar-refractivity contribution in [1.82, 2.24) is 24.5 Å². The maximum atomic E-state index is 13.9. The van der Waals surface area contributed by atoms with Gasteiger partial charge >= 0.3 is 0 Å². The molecule has 3 aromatic rings. The predicted octanol–water partition coefficient (Wildman–Crippen LogP) is 4.72. The molecule has 40 heavy (non-hydrogen) atoms. The van der Waals surface area contributed by atoms with Crippen molar-refractivity contribution in [2.24, 2.45) is 0 Å². The van der Waals surface area contributed by atoms with Gasteiger partial charge in [0.1, 0.15) is 11.6 Å². The number of anilines is 4. The molecule has 2 fully saturated rings. The fourth-order valence-corrected chi connectivity index (χ4v) is 7.22. The van der Waals surface area contributed by atoms with Crippen LogP contribution in [0.25, 0.3) is 0 Å². The number of sulfonamides is 1. The van der Waals surface area contributed by atoms with Gasteiger partial charge in [0.15, 0.2) is 0 Å². The van der Waals surface area contributed by atoms with E-state index in [9.17, 15) is 12.8 Å². The molecule has 2 aromatic carbocycles. The molecule has 3 N–H and O–H groups in total. The van der Waals surface area contributed by atoms with E-state index in [1.165, 1.54) is 25.0 Å². The zero-order chi connectivity index (χ0) is 28.0. The fraction of sp³-hybridized carbons (Fsp3) is 0.448. The highest BCUT2D eigenvalue weighted by Crippen LogP contribution is 2.29. The molecule has 2 aliphatic rings. The summed E-state index contributed by atoms with van der Waals surface area (Å²) in [7, 11) is -1.68. The third-order valence-corrected chi connectivity index (χ3v) is 9.80. The van der Waals surface area contributed by atoms with Crippen molar-refractivity contribution in [3.05, 3.63) is 66.6 Å². The molecular formula is C29H38FN7O2S. The Labute approximate surface area is 236 Å². The molecule has 0 bridgehead atoms. The van der Waals surface area contributed by atoms with Crippen LogP contribution in [0, 0.1) is 5.82 Å². The van der Waals surface area contributed by atoms with Crippen LogP contribution in [0.5, 0.6) is 0 Å². The van der Waals surface area contributed by atoms with Crippen LogP contribution < -0.4 is 16.0 Å². The Bertz CT molecular complexity index is 1340. The quantitative estimate of drug-likeness (QED) is 0.306. The van der Waals surface area contributed by atoms with Gasteiger partial charge in [-0.2, -0.15) is 9.29 Å². The SMILES string of the molecule is CN[C@H]1CC[C@@H](N(CCN2CCCC2)S(=O)(=O)c2ccc(Nc3nccc(Nc4ccc(F)cc4)n3)cc2)CC1. The number of likely N-dealkylation sites (tertiary alicyclic amines) is 1. The Hall–Kier alpha value is -3.12. The van der Waals surface area contributed by atoms with Gasteiger partial charge in [0.05, 0.1) is 4.90 Å². The molecule has 0 amide bonds. The van der Waals surface area contributed by atoms with E-state index in [1.54, 1.807) is 53.0 Å². The lowest BCUT2D eigenvalue weighted by Crippen LogP contribution is -2.47. The Kier molecular flexibility index (Phi) is 9.25. The van der Waals surface area contributed by atoms with Gasteiger partial charge < -0.3 is 20.9 Å². The van der Waals surface area contributed by atoms with E-state index >= 15 is 0 Å². The normalized spacial score (nSPS) is 20.1. The number of rotatable bonds is 11. The van der Waals surface area contributed by atoms with E-state index in [-0.39, 0.29) is 11.9 Å². The van der Waals surface area contributed by atoms with Crippen LogP contribution in [0.4, 0.5) is 27.5 Å². The van der Waals surface area contributed by atoms with Crippen molar-refractivity contribution >= 4 is 33.2 Å². The molecule has 2 heterocycles. The Morgan fingerprint density at radius 1 is 0.925 bits per heavy atom. The third-order valence-electron chi connectivity index (χ3n) is 7.84. The summed E-state index contributed by atoms with van der Waals surface area (Å²) in [5.41, 5.74) is 1.38. The first-order chi connectivity index (χ1) is 19.4. The summed E-state index contributed by atoms with van der Waals surface area (Å²) in [6.45, 7) is 3.37. The Balaban J connectivity index is 1.28. The predicted molar refractivity (Wildman–Crippen MR) is 156 cm³/mol. The van der Waals surface area contributed by atoms with Gasteiger partial charge in [-0.25, -0.2) is 17.8 Å². The first-order valence-electron chi connectivity index (χ1n) is 14.0. The van der Waals surface area contributed by atoms with Crippen molar-refractivity contribution in [1.29, 1.82) is 0 Å². The van der Waals surface area contributed by atoms with E-state index in [2.05, 4.69) is 30.8 Å². The molecule has 1 saturated carbocycles. The second kappa shape index (κ2) is 13.0. The standard InChI is InChI=1S/C29H38FN7O2S/c1-31-23-8-12-26(13-9-23)37(21-20-36-18-2-3-19-36)40(38,39)27-14-10-25(11-15-27)34-29-32-17-16-28(35-29)33-24-6-4-22(30)5-7-24/h4-7,10-11,14-17,23,26,31H,2-3,8-9,12-13,18-21H2,1H3,(H2,32,33,34,35)/t23-,26+. The summed E-state index contributed by atoms with van der Waals surface area (Å²) in [4.78, 5) is 11.4. The summed E-state index contributed by atoms with van der Waals surface area (Å²) in [6, 6.07) is 15.0. The fourth-order valence-electron chi connectivity index (χ4n) is 5.54. The lowest BCUT2D eigenvalue weighted by molar-refractivity contribution is 0.207. The van der Waals surface area contributed by atoms with Crippen LogP contribution in [0.1, 0.15) is 38.5 Å². The van der Waals surface area contributed by atoms with Gasteiger partial charge in [-0.3, -0.25) is 0 Å². The molecule has 214 valence electrons. The van der Waals surface area contributed by atoms with Crippen molar-refractivity contribution in [2.45, 2.75) is 55.5 Å². The lowest BCUT2D eigenvalue weighted by Gasteiger charge is -2.36. The number of halogens is 1. The number of benzene rings is 2. The van der Waals surface area contributed by atoms with Gasteiger partial charge in [0, 0.05) is 42.7 Å². The monoisotopic (exact) mass is 567 g/mol. The first-order valence-corrected chi connectivity index (χ1v) is 15.5. The molecule has 9 nitrogen and oxygen atoms in total. The van der Waals surface area contributed by atoms with Gasteiger partial charge in [-0.05, 0) is 113 Å². The highest BCUT2D eigenvalue weighted by atomic mass is 32.2. The average molecular weight is 568 g/mol. The number of nitrogens with one attached hydrogen (secondary N) is 3. The Morgan fingerprint density at radius 3 is 2.25 bits per heavy atom. The van der Waals surface area contributed by atoms with Crippen LogP contribution in [0.15, 0.2) is 65.7 Å². The topological polar surface area (TPSA) is 102 Å². The van der Waals surface area contributed by atoms with Gasteiger partial charge in [0.25, 0.3) is 0 Å². The second-order valence-electron chi connectivity index (χ2n) is 10.5. The van der Waals surface area contributed by atoms with Gasteiger partial charge in [-0.1, -0.05) is 0 Å². The average Bonchev–Trinajstić information content (AvgIpc) is 3.49. The molecule has 1 aromatic heterocycles. The summed E-state index contributed by atoms with van der Waals surface area (Å²) in [5.74, 6) is 0.595. The van der Waals surface area contributed by atoms with Crippen molar-refractivity contribution in [2.75, 3.05) is 43.9 Å². The molecule has 0 spiro atoms. The minimum absolute atomic E-state index is 0.0137. The molecule has 0 radical (unpaired) electrons. The van der Waals surface area contributed by atoms with E-state index in [1.807, 2.05) is 7.05 Å². The smallest absolute Gasteiger partial charge is 0.243 e. The van der Waals surface area contributed by atoms with Crippen molar-refractivity contribution in [3.63, 3.8) is 0 Å². The summed E-state index contributed by atoms with van der Waals surface area (Å²) >= 11 is 0. The van der Waals surface area contributed by atoms with E-state index in [4.69, 9.17) is 0 Å². The maximum Gasteiger partial charge on any atom is 0.243 e. The van der Waals surface area contributed by atoms with Crippen molar-refractivity contribution in [3.8, 4) is 0 Å². The largest absolute Gasteiger partial charge is 0.340 e. The molecule has 0 unspecified atom stereocenters. The molecular weight excluding hydrogens is 529 g/mol. The van der Waals surface area contributed by atoms with E-state index in [0.717, 1.165) is 45.3 Å². The van der Waals surface area contributed by atoms with Crippen LogP contribution in [-0.4, -0.2) is 72.9 Å². The van der Waals surface area contributed by atoms with E-state index in [0.29, 0.717) is 40.6 Å². The van der Waals surface area contributed by atoms with Gasteiger partial charge in [-0.15, -0.1) is 0 Å². The first kappa shape index (κ1) is 28.4. The minimum atomic E-state index is -3.66. The number of hydrogen-bond acceptors (Lipinski definition) is 8. The molecule has 11 heteroatoms. The Morgan fingerprint density at radius 2 is 1.57 bits per heavy atom. The molecule has 0 atom stereocenters. The van der Waals surface area contributed by atoms with E-state index < -0.39 is 10.0 Å². The van der Waals surface area contributed by atoms with Gasteiger partial charge in [0.2, 0.25) is 16.0 Å². The zero-order valence-corrected chi connectivity index (χ0v) is 23.7. The highest BCUT2D eigenvalue weighted by Gasteiger charge is 2.34. The molecule has 5 rings (SSSR count). The zero-order valence-electron chi connectivity index (χ0n) is 22.9. The number of hydrogen-bond donors (Lipinski definition) is 3. The van der Waals surface area contributed by atoms with Crippen LogP contribution in [0.3, 0.4) is 0 Å². The van der Waals surface area contributed by atoms with Crippen LogP contribution in [0.2, 0.25) is 0 Å². The summed E-state index contributed by atoms with van der Waals surface area (Å²) < 4.78 is 42.8. The third kappa shape index (κ3) is 7.14. The number of aromatic nitrogens is 2. The maximum absolute atomic E-state index is 13.9. The van der Waals surface area contributed by atoms with Crippen molar-refractivity contribution < 1.29 is 12.8 Å². The lowest BCUT2D eigenvalue weighted by atomic mass is 9.91. The molecule has 1 saturated heterocycles. The summed E-state index contributed by atoms with van der Waals surface area (Å²) in [5, 5.41) is 9.60. The summed E-state index contributed by atoms with van der Waals surface area (Å²) in [6.07, 6.45) is 7.67. The highest BCUT2D eigenvalue weighted by molar-refractivity contribution is 7.89. The van der Waals surface area contributed by atoms with Crippen LogP contribution >= 0.6 is 0 Å². The second-order valence-corrected chi connectivity index (χ2v) is 12.4.